The Kier molecular flexibility index (Phi) is 8.27. The molecular weight excluding hydrogens is 552 g/mol. The van der Waals surface area contributed by atoms with Crippen molar-refractivity contribution in [2.45, 2.75) is 37.8 Å². The van der Waals surface area contributed by atoms with Gasteiger partial charge in [0.05, 0.1) is 13.7 Å². The largest absolute Gasteiger partial charge is 0.497 e. The Morgan fingerprint density at radius 3 is 2.73 bits per heavy atom. The summed E-state index contributed by atoms with van der Waals surface area (Å²) in [5, 5.41) is 3.80. The van der Waals surface area contributed by atoms with E-state index in [4.69, 9.17) is 14.2 Å². The minimum Gasteiger partial charge on any atom is -0.497 e. The summed E-state index contributed by atoms with van der Waals surface area (Å²) in [5.74, 6) is 2.71. The molecule has 1 atom stereocenters. The van der Waals surface area contributed by atoms with Gasteiger partial charge in [0.25, 0.3) is 5.56 Å². The molecule has 228 valence electrons. The Balaban J connectivity index is 0.966. The summed E-state index contributed by atoms with van der Waals surface area (Å²) in [6.45, 7) is 5.11. The second-order valence-corrected chi connectivity index (χ2v) is 12.0. The molecule has 2 N–H and O–H groups in total. The number of aromatic nitrogens is 1. The Hall–Kier alpha value is -4.27. The third-order valence-corrected chi connectivity index (χ3v) is 9.14. The van der Waals surface area contributed by atoms with E-state index >= 15 is 0 Å². The maximum atomic E-state index is 12.4. The molecule has 4 aromatic rings. The number of nitrogens with one attached hydrogen (secondary N) is 2. The van der Waals surface area contributed by atoms with E-state index in [2.05, 4.69) is 74.7 Å². The van der Waals surface area contributed by atoms with Gasteiger partial charge in [0.1, 0.15) is 29.0 Å². The van der Waals surface area contributed by atoms with E-state index in [1.165, 1.54) is 11.1 Å². The van der Waals surface area contributed by atoms with Crippen LogP contribution in [0.1, 0.15) is 41.2 Å². The van der Waals surface area contributed by atoms with Gasteiger partial charge in [-0.15, -0.1) is 0 Å². The van der Waals surface area contributed by atoms with E-state index in [1.807, 2.05) is 18.2 Å². The van der Waals surface area contributed by atoms with Crippen molar-refractivity contribution in [1.82, 2.24) is 9.88 Å². The van der Waals surface area contributed by atoms with Crippen LogP contribution >= 0.6 is 0 Å². The number of methoxy groups -OCH3 is 1. The summed E-state index contributed by atoms with van der Waals surface area (Å²) in [7, 11) is 1.72. The fourth-order valence-corrected chi connectivity index (χ4v) is 6.71. The zero-order valence-corrected chi connectivity index (χ0v) is 25.3. The minimum absolute atomic E-state index is 0.0761. The van der Waals surface area contributed by atoms with Crippen LogP contribution in [0.3, 0.4) is 0 Å². The van der Waals surface area contributed by atoms with Crippen LogP contribution in [0, 0.1) is 0 Å². The summed E-state index contributed by atoms with van der Waals surface area (Å²) in [4.78, 5) is 19.9. The number of ether oxygens (including phenoxy) is 3. The second-order valence-electron chi connectivity index (χ2n) is 12.0. The summed E-state index contributed by atoms with van der Waals surface area (Å²) in [6, 6.07) is 25.4. The molecule has 1 unspecified atom stereocenters. The number of aromatic amines is 1. The van der Waals surface area contributed by atoms with Crippen molar-refractivity contribution in [3.05, 3.63) is 112 Å². The van der Waals surface area contributed by atoms with E-state index in [0.29, 0.717) is 31.4 Å². The van der Waals surface area contributed by atoms with Crippen LogP contribution in [-0.4, -0.2) is 62.4 Å². The topological polar surface area (TPSA) is 79.1 Å². The van der Waals surface area contributed by atoms with Gasteiger partial charge in [-0.2, -0.15) is 0 Å². The van der Waals surface area contributed by atoms with Crippen molar-refractivity contribution in [1.29, 1.82) is 0 Å². The Morgan fingerprint density at radius 2 is 1.86 bits per heavy atom. The van der Waals surface area contributed by atoms with Crippen LogP contribution in [0.5, 0.6) is 17.2 Å². The Bertz CT molecular complexity index is 1660. The van der Waals surface area contributed by atoms with Gasteiger partial charge in [-0.05, 0) is 72.9 Å². The van der Waals surface area contributed by atoms with Gasteiger partial charge in [-0.25, -0.2) is 0 Å². The summed E-state index contributed by atoms with van der Waals surface area (Å²) in [5.41, 5.74) is 6.47. The highest BCUT2D eigenvalue weighted by Gasteiger charge is 2.29. The maximum Gasteiger partial charge on any atom is 0.271 e. The summed E-state index contributed by atoms with van der Waals surface area (Å²) >= 11 is 0. The standard InChI is InChI=1S/C36H40N4O4/c1-42-30-7-2-5-25(21-30)12-16-39-17-13-28(14-18-39)38-29-10-11-33-27(23-29)22-26-6-3-8-31(35(26)44-33)34-24-40(19-20-43-34)32-9-4-15-37-36(32)41/h2-11,15,21,23,28,34,38H,12-14,16-20,22,24H2,1H3,(H,37,41). The molecule has 3 aromatic carbocycles. The number of anilines is 2. The van der Waals surface area contributed by atoms with Crippen molar-refractivity contribution in [3.8, 4) is 17.2 Å². The van der Waals surface area contributed by atoms with Crippen LogP contribution < -0.4 is 25.2 Å². The zero-order chi connectivity index (χ0) is 29.9. The molecule has 0 spiro atoms. The normalized spacial score (nSPS) is 18.7. The molecule has 0 amide bonds. The molecule has 2 fully saturated rings. The quantitative estimate of drug-likeness (QED) is 0.237. The number of benzene rings is 3. The zero-order valence-electron chi connectivity index (χ0n) is 25.3. The van der Waals surface area contributed by atoms with E-state index in [-0.39, 0.29) is 11.7 Å². The molecule has 2 saturated heterocycles. The van der Waals surface area contributed by atoms with Crippen molar-refractivity contribution >= 4 is 11.4 Å². The van der Waals surface area contributed by atoms with Crippen LogP contribution in [0.25, 0.3) is 0 Å². The maximum absolute atomic E-state index is 12.4. The van der Waals surface area contributed by atoms with Gasteiger partial charge in [0.15, 0.2) is 0 Å². The SMILES string of the molecule is COc1cccc(CCN2CCC(Nc3ccc4c(c3)Cc3cccc(C5CN(c6ccc[nH]c6=O)CCO5)c3O4)CC2)c1. The number of rotatable bonds is 8. The highest BCUT2D eigenvalue weighted by atomic mass is 16.5. The smallest absolute Gasteiger partial charge is 0.271 e. The number of morpholine rings is 1. The van der Waals surface area contributed by atoms with Gasteiger partial charge in [-0.1, -0.05) is 30.3 Å². The summed E-state index contributed by atoms with van der Waals surface area (Å²) < 4.78 is 18.1. The van der Waals surface area contributed by atoms with Crippen LogP contribution in [0.2, 0.25) is 0 Å². The monoisotopic (exact) mass is 592 g/mol. The first kappa shape index (κ1) is 28.5. The van der Waals surface area contributed by atoms with Crippen LogP contribution in [0.4, 0.5) is 11.4 Å². The molecule has 3 aliphatic rings. The number of para-hydroxylation sites is 1. The average Bonchev–Trinajstić information content (AvgIpc) is 3.07. The average molecular weight is 593 g/mol. The number of hydrogen-bond acceptors (Lipinski definition) is 7. The summed E-state index contributed by atoms with van der Waals surface area (Å²) in [6.07, 6.45) is 5.60. The van der Waals surface area contributed by atoms with Crippen molar-refractivity contribution < 1.29 is 14.2 Å². The van der Waals surface area contributed by atoms with E-state index in [0.717, 1.165) is 79.4 Å². The molecule has 0 radical (unpaired) electrons. The lowest BCUT2D eigenvalue weighted by molar-refractivity contribution is 0.0383. The third-order valence-electron chi connectivity index (χ3n) is 9.14. The number of pyridine rings is 1. The van der Waals surface area contributed by atoms with E-state index < -0.39 is 0 Å². The molecular formula is C36H40N4O4. The fourth-order valence-electron chi connectivity index (χ4n) is 6.71. The molecule has 1 aromatic heterocycles. The third kappa shape index (κ3) is 6.18. The number of likely N-dealkylation sites (tertiary alicyclic amines) is 1. The fraction of sp³-hybridized carbons (Fsp3) is 0.361. The lowest BCUT2D eigenvalue weighted by Crippen LogP contribution is -2.41. The number of H-pyrrole nitrogens is 1. The van der Waals surface area contributed by atoms with E-state index in [1.54, 1.807) is 13.3 Å². The highest BCUT2D eigenvalue weighted by molar-refractivity contribution is 5.59. The first-order chi connectivity index (χ1) is 21.6. The molecule has 0 aliphatic carbocycles. The van der Waals surface area contributed by atoms with Gasteiger partial charge < -0.3 is 34.3 Å². The first-order valence-corrected chi connectivity index (χ1v) is 15.7. The van der Waals surface area contributed by atoms with Gasteiger partial charge in [-0.3, -0.25) is 4.79 Å². The van der Waals surface area contributed by atoms with Crippen molar-refractivity contribution in [3.63, 3.8) is 0 Å². The van der Waals surface area contributed by atoms with Crippen molar-refractivity contribution in [2.24, 2.45) is 0 Å². The number of nitrogens with zero attached hydrogens (tertiary/aromatic N) is 2. The first-order valence-electron chi connectivity index (χ1n) is 15.7. The predicted octanol–water partition coefficient (Wildman–Crippen LogP) is 5.78. The molecule has 8 heteroatoms. The van der Waals surface area contributed by atoms with Crippen LogP contribution in [-0.2, 0) is 17.6 Å². The molecule has 7 rings (SSSR count). The van der Waals surface area contributed by atoms with Gasteiger partial charge in [0, 0.05) is 68.2 Å². The molecule has 8 nitrogen and oxygen atoms in total. The number of piperidine rings is 1. The molecule has 3 aliphatic heterocycles. The minimum atomic E-state index is -0.179. The second kappa shape index (κ2) is 12.8. The van der Waals surface area contributed by atoms with Crippen LogP contribution in [0.15, 0.2) is 83.8 Å². The lowest BCUT2D eigenvalue weighted by Gasteiger charge is -2.35. The predicted molar refractivity (Wildman–Crippen MR) is 174 cm³/mol. The molecule has 0 saturated carbocycles. The van der Waals surface area contributed by atoms with Gasteiger partial charge in [0.2, 0.25) is 0 Å². The molecule has 0 bridgehead atoms. The molecule has 4 heterocycles. The van der Waals surface area contributed by atoms with E-state index in [9.17, 15) is 4.79 Å². The van der Waals surface area contributed by atoms with Gasteiger partial charge >= 0.3 is 0 Å². The number of fused-ring (bicyclic) bond motifs is 2. The Labute approximate surface area is 258 Å². The van der Waals surface area contributed by atoms with Crippen molar-refractivity contribution in [2.75, 3.05) is 56.7 Å². The highest BCUT2D eigenvalue weighted by Crippen LogP contribution is 2.43. The number of hydrogen-bond donors (Lipinski definition) is 2. The lowest BCUT2D eigenvalue weighted by atomic mass is 9.95. The Morgan fingerprint density at radius 1 is 0.977 bits per heavy atom. The molecule has 44 heavy (non-hydrogen) atoms.